The zero-order valence-corrected chi connectivity index (χ0v) is 17.9. The van der Waals surface area contributed by atoms with Crippen LogP contribution in [0.4, 0.5) is 4.39 Å². The van der Waals surface area contributed by atoms with Crippen LogP contribution in [0.5, 0.6) is 0 Å². The van der Waals surface area contributed by atoms with Gasteiger partial charge in [0.25, 0.3) is 0 Å². The van der Waals surface area contributed by atoms with Gasteiger partial charge in [-0.25, -0.2) is 4.39 Å². The Balaban J connectivity index is 1.58. The first kappa shape index (κ1) is 21.8. The number of rotatable bonds is 8. The van der Waals surface area contributed by atoms with Crippen molar-refractivity contribution in [2.45, 2.75) is 45.7 Å². The molecule has 1 aliphatic heterocycles. The van der Waals surface area contributed by atoms with Crippen molar-refractivity contribution in [3.8, 4) is 0 Å². The number of carbonyl (C=O) groups is 1. The molecular weight excluding hydrogens is 387 g/mol. The summed E-state index contributed by atoms with van der Waals surface area (Å²) in [4.78, 5) is 17.4. The van der Waals surface area contributed by atoms with Gasteiger partial charge >= 0.3 is 0 Å². The van der Waals surface area contributed by atoms with Gasteiger partial charge in [-0.1, -0.05) is 61.3 Å². The highest BCUT2D eigenvalue weighted by molar-refractivity contribution is 6.31. The number of carbonyl (C=O) groups excluding carboxylic acids is 1. The molecule has 1 amide bonds. The van der Waals surface area contributed by atoms with Crippen LogP contribution in [0.25, 0.3) is 0 Å². The second kappa shape index (κ2) is 10.7. The third-order valence-corrected chi connectivity index (χ3v) is 6.04. The molecule has 5 heteroatoms. The van der Waals surface area contributed by atoms with E-state index in [0.717, 1.165) is 45.3 Å². The molecule has 3 rings (SSSR count). The number of piperidine rings is 1. The van der Waals surface area contributed by atoms with Crippen molar-refractivity contribution in [1.29, 1.82) is 0 Å². The highest BCUT2D eigenvalue weighted by Gasteiger charge is 2.29. The Bertz CT molecular complexity index is 770. The fraction of sp³-hybridized carbons (Fsp3) is 0.458. The van der Waals surface area contributed by atoms with Crippen LogP contribution in [0.1, 0.15) is 43.7 Å². The molecule has 1 fully saturated rings. The first-order valence-electron chi connectivity index (χ1n) is 10.6. The van der Waals surface area contributed by atoms with Gasteiger partial charge in [-0.15, -0.1) is 0 Å². The highest BCUT2D eigenvalue weighted by atomic mass is 35.5. The number of benzene rings is 2. The number of unbranched alkanes of at least 4 members (excludes halogenated alkanes) is 1. The summed E-state index contributed by atoms with van der Waals surface area (Å²) in [6.45, 7) is 5.69. The summed E-state index contributed by atoms with van der Waals surface area (Å²) >= 11 is 6.17. The topological polar surface area (TPSA) is 23.6 Å². The Labute approximate surface area is 178 Å². The Kier molecular flexibility index (Phi) is 8.08. The largest absolute Gasteiger partial charge is 0.338 e. The van der Waals surface area contributed by atoms with Crippen LogP contribution in [0.3, 0.4) is 0 Å². The number of likely N-dealkylation sites (tertiary alicyclic amines) is 1. The van der Waals surface area contributed by atoms with E-state index in [1.165, 1.54) is 11.6 Å². The van der Waals surface area contributed by atoms with Gasteiger partial charge in [-0.3, -0.25) is 9.69 Å². The lowest BCUT2D eigenvalue weighted by molar-refractivity contribution is -0.137. The lowest BCUT2D eigenvalue weighted by Gasteiger charge is -2.34. The minimum atomic E-state index is -0.260. The Morgan fingerprint density at radius 1 is 1.14 bits per heavy atom. The molecular formula is C24H30ClFN2O. The Morgan fingerprint density at radius 3 is 2.52 bits per heavy atom. The molecule has 0 saturated carbocycles. The van der Waals surface area contributed by atoms with Gasteiger partial charge in [0.2, 0.25) is 5.91 Å². The van der Waals surface area contributed by atoms with Gasteiger partial charge in [0.1, 0.15) is 5.82 Å². The molecule has 0 N–H and O–H groups in total. The molecule has 1 saturated heterocycles. The summed E-state index contributed by atoms with van der Waals surface area (Å²) in [6.07, 6.45) is 3.70. The van der Waals surface area contributed by atoms with Gasteiger partial charge in [0.05, 0.1) is 0 Å². The van der Waals surface area contributed by atoms with Crippen molar-refractivity contribution >= 4 is 17.5 Å². The van der Waals surface area contributed by atoms with Crippen molar-refractivity contribution in [1.82, 2.24) is 9.80 Å². The minimum absolute atomic E-state index is 0.0444. The van der Waals surface area contributed by atoms with E-state index < -0.39 is 0 Å². The van der Waals surface area contributed by atoms with Gasteiger partial charge < -0.3 is 4.90 Å². The monoisotopic (exact) mass is 416 g/mol. The van der Waals surface area contributed by atoms with E-state index >= 15 is 0 Å². The first-order chi connectivity index (χ1) is 14.1. The van der Waals surface area contributed by atoms with Crippen LogP contribution in [0.15, 0.2) is 48.5 Å². The second-order valence-corrected chi connectivity index (χ2v) is 8.26. The second-order valence-electron chi connectivity index (χ2n) is 7.85. The van der Waals surface area contributed by atoms with Gasteiger partial charge in [0.15, 0.2) is 0 Å². The summed E-state index contributed by atoms with van der Waals surface area (Å²) in [5.41, 5.74) is 1.72. The zero-order valence-electron chi connectivity index (χ0n) is 17.1. The number of nitrogens with zero attached hydrogens (tertiary/aromatic N) is 2. The molecule has 1 heterocycles. The number of halogens is 2. The fourth-order valence-corrected chi connectivity index (χ4v) is 4.15. The summed E-state index contributed by atoms with van der Waals surface area (Å²) in [7, 11) is 0. The quantitative estimate of drug-likeness (QED) is 0.565. The van der Waals surface area contributed by atoms with Gasteiger partial charge in [-0.2, -0.15) is 0 Å². The maximum atomic E-state index is 14.1. The molecule has 0 radical (unpaired) electrons. The molecule has 156 valence electrons. The van der Waals surface area contributed by atoms with Crippen molar-refractivity contribution < 1.29 is 9.18 Å². The summed E-state index contributed by atoms with van der Waals surface area (Å²) in [6, 6.07) is 15.0. The molecule has 2 aromatic carbocycles. The maximum absolute atomic E-state index is 14.1. The third kappa shape index (κ3) is 6.03. The predicted molar refractivity (Wildman–Crippen MR) is 116 cm³/mol. The van der Waals surface area contributed by atoms with Gasteiger partial charge in [0, 0.05) is 36.1 Å². The van der Waals surface area contributed by atoms with E-state index in [2.05, 4.69) is 24.0 Å². The van der Waals surface area contributed by atoms with E-state index in [1.54, 1.807) is 12.1 Å². The number of hydrogen-bond acceptors (Lipinski definition) is 2. The minimum Gasteiger partial charge on any atom is -0.338 e. The molecule has 3 nitrogen and oxygen atoms in total. The van der Waals surface area contributed by atoms with Crippen LogP contribution in [-0.2, 0) is 17.9 Å². The van der Waals surface area contributed by atoms with Crippen LogP contribution in [-0.4, -0.2) is 35.3 Å². The average Bonchev–Trinajstić information content (AvgIpc) is 2.74. The lowest BCUT2D eigenvalue weighted by atomic mass is 9.94. The molecule has 0 aliphatic carbocycles. The van der Waals surface area contributed by atoms with E-state index in [0.29, 0.717) is 23.7 Å². The zero-order chi connectivity index (χ0) is 20.6. The standard InChI is InChI=1S/C24H30ClFN2O/c1-2-3-14-28(17-19-8-5-4-6-9-19)24(29)20-12-15-27(16-13-20)18-21-22(25)10-7-11-23(21)26/h4-11,20H,2-3,12-18H2,1H3. The van der Waals surface area contributed by atoms with Crippen LogP contribution >= 0.6 is 11.6 Å². The smallest absolute Gasteiger partial charge is 0.226 e. The van der Waals surface area contributed by atoms with E-state index in [4.69, 9.17) is 11.6 Å². The lowest BCUT2D eigenvalue weighted by Crippen LogP contribution is -2.42. The Hall–Kier alpha value is -1.91. The van der Waals surface area contributed by atoms with E-state index in [-0.39, 0.29) is 17.6 Å². The normalized spacial score (nSPS) is 15.4. The van der Waals surface area contributed by atoms with E-state index in [9.17, 15) is 9.18 Å². The molecule has 0 spiro atoms. The SMILES string of the molecule is CCCCN(Cc1ccccc1)C(=O)C1CCN(Cc2c(F)cccc2Cl)CC1. The van der Waals surface area contributed by atoms with Crippen LogP contribution < -0.4 is 0 Å². The fourth-order valence-electron chi connectivity index (χ4n) is 3.92. The summed E-state index contributed by atoms with van der Waals surface area (Å²) in [5, 5.41) is 0.469. The Morgan fingerprint density at radius 2 is 1.86 bits per heavy atom. The number of amides is 1. The van der Waals surface area contributed by atoms with E-state index in [1.807, 2.05) is 23.1 Å². The van der Waals surface area contributed by atoms with Crippen molar-refractivity contribution in [2.75, 3.05) is 19.6 Å². The van der Waals surface area contributed by atoms with Crippen molar-refractivity contribution in [3.05, 3.63) is 70.5 Å². The number of hydrogen-bond donors (Lipinski definition) is 0. The predicted octanol–water partition coefficient (Wildman–Crippen LogP) is 5.52. The molecule has 0 bridgehead atoms. The molecule has 0 aromatic heterocycles. The van der Waals surface area contributed by atoms with Crippen LogP contribution in [0.2, 0.25) is 5.02 Å². The molecule has 0 atom stereocenters. The third-order valence-electron chi connectivity index (χ3n) is 5.69. The average molecular weight is 417 g/mol. The highest BCUT2D eigenvalue weighted by Crippen LogP contribution is 2.25. The van der Waals surface area contributed by atoms with Crippen LogP contribution in [0, 0.1) is 11.7 Å². The molecule has 2 aromatic rings. The molecule has 29 heavy (non-hydrogen) atoms. The van der Waals surface area contributed by atoms with Gasteiger partial charge in [-0.05, 0) is 50.0 Å². The molecule has 0 unspecified atom stereocenters. The van der Waals surface area contributed by atoms with Crippen molar-refractivity contribution in [3.63, 3.8) is 0 Å². The summed E-state index contributed by atoms with van der Waals surface area (Å²) in [5.74, 6) is 0.0399. The summed E-state index contributed by atoms with van der Waals surface area (Å²) < 4.78 is 14.1. The maximum Gasteiger partial charge on any atom is 0.226 e. The first-order valence-corrected chi connectivity index (χ1v) is 10.9. The van der Waals surface area contributed by atoms with Crippen molar-refractivity contribution in [2.24, 2.45) is 5.92 Å². The molecule has 1 aliphatic rings.